The lowest BCUT2D eigenvalue weighted by molar-refractivity contribution is -0.139. The number of rotatable bonds is 46. The quantitative estimate of drug-likeness (QED) is 0.0166. The van der Waals surface area contributed by atoms with E-state index < -0.39 is 229 Å². The van der Waals surface area contributed by atoms with Crippen LogP contribution in [0.15, 0.2) is 121 Å². The number of hydrogen-bond donors (Lipinski definition) is 19. The summed E-state index contributed by atoms with van der Waals surface area (Å²) < 4.78 is 16.4. The Bertz CT molecular complexity index is 4150. The maximum Gasteiger partial charge on any atom is 0.416 e. The Morgan fingerprint density at radius 1 is 0.451 bits per heavy atom. The highest BCUT2D eigenvalue weighted by Crippen LogP contribution is 2.25. The first-order valence-corrected chi connectivity index (χ1v) is 40.1. The first-order chi connectivity index (χ1) is 57.3. The van der Waals surface area contributed by atoms with Gasteiger partial charge in [0.15, 0.2) is 6.10 Å². The molecule has 0 aliphatic heterocycles. The second kappa shape index (κ2) is 50.2. The second-order valence-electron chi connectivity index (χ2n) is 32.8. The van der Waals surface area contributed by atoms with E-state index in [1.165, 1.54) is 20.8 Å². The van der Waals surface area contributed by atoms with Gasteiger partial charge in [-0.1, -0.05) is 211 Å². The average molecular weight is 1710 g/mol. The molecule has 0 saturated heterocycles. The number of amides is 15. The van der Waals surface area contributed by atoms with Crippen molar-refractivity contribution >= 4 is 95.1 Å². The molecule has 38 heteroatoms. The number of aliphatic hydroxyl groups is 4. The van der Waals surface area contributed by atoms with Crippen LogP contribution in [0.25, 0.3) is 0 Å². The van der Waals surface area contributed by atoms with Crippen LogP contribution in [0.3, 0.4) is 0 Å². The van der Waals surface area contributed by atoms with Crippen LogP contribution in [0.2, 0.25) is 0 Å². The van der Waals surface area contributed by atoms with E-state index >= 15 is 19.2 Å². The molecule has 38 nitrogen and oxygen atoms in total. The van der Waals surface area contributed by atoms with Crippen molar-refractivity contribution in [2.45, 2.75) is 234 Å². The zero-order chi connectivity index (χ0) is 91.3. The Hall–Kier alpha value is -12.2. The number of nitrogens with one attached hydrogen (secondary N) is 13. The van der Waals surface area contributed by atoms with Gasteiger partial charge >= 0.3 is 18.3 Å². The lowest BCUT2D eigenvalue weighted by Gasteiger charge is -2.32. The van der Waals surface area contributed by atoms with Gasteiger partial charge in [0.1, 0.15) is 80.2 Å². The van der Waals surface area contributed by atoms with Crippen LogP contribution in [-0.2, 0) is 98.0 Å². The third-order valence-electron chi connectivity index (χ3n) is 18.9. The summed E-state index contributed by atoms with van der Waals surface area (Å²) in [6.07, 6.45) is -10.3. The minimum atomic E-state index is -2.45. The van der Waals surface area contributed by atoms with Crippen molar-refractivity contribution in [3.63, 3.8) is 0 Å². The Balaban J connectivity index is 1.77. The number of carbonyl (C=O) groups excluding carboxylic acids is 15. The molecule has 0 spiro atoms. The van der Waals surface area contributed by atoms with Gasteiger partial charge in [-0.25, -0.2) is 19.3 Å². The third kappa shape index (κ3) is 36.4. The van der Waals surface area contributed by atoms with Crippen LogP contribution in [-0.4, -0.2) is 219 Å². The van der Waals surface area contributed by atoms with Gasteiger partial charge < -0.3 is 105 Å². The Morgan fingerprint density at radius 2 is 0.861 bits per heavy atom. The minimum Gasteiger partial charge on any atom is -0.445 e. The minimum absolute atomic E-state index is 0.00505. The summed E-state index contributed by atoms with van der Waals surface area (Å²) in [6.45, 7) is 18.3. The van der Waals surface area contributed by atoms with Crippen LogP contribution in [0.1, 0.15) is 151 Å². The first kappa shape index (κ1) is 102. The molecule has 122 heavy (non-hydrogen) atoms. The number of nitrogens with zero attached hydrogens (tertiary/aromatic N) is 1. The molecule has 670 valence electrons. The number of aliphatic hydroxyl groups excluding tert-OH is 4. The number of alkyl carbamates (subject to hydrolysis) is 2. The van der Waals surface area contributed by atoms with Crippen molar-refractivity contribution in [1.82, 2.24) is 68.7 Å². The summed E-state index contributed by atoms with van der Waals surface area (Å²) in [7, 11) is 0. The van der Waals surface area contributed by atoms with E-state index in [0.717, 1.165) is 6.92 Å². The van der Waals surface area contributed by atoms with E-state index in [9.17, 15) is 73.2 Å². The first-order valence-electron chi connectivity index (χ1n) is 40.1. The Morgan fingerprint density at radius 3 is 1.33 bits per heavy atom. The highest BCUT2D eigenvalue weighted by atomic mass is 16.6. The van der Waals surface area contributed by atoms with Gasteiger partial charge in [0.2, 0.25) is 76.8 Å². The van der Waals surface area contributed by atoms with Crippen LogP contribution >= 0.6 is 0 Å². The lowest BCUT2D eigenvalue weighted by Crippen LogP contribution is -2.63. The average Bonchev–Trinajstić information content (AvgIpc) is 0.835. The molecule has 0 bridgehead atoms. The molecule has 0 aliphatic carbocycles. The molecule has 0 saturated carbocycles. The molecular weight excluding hydrogens is 1590 g/mol. The molecule has 15 amide bonds. The van der Waals surface area contributed by atoms with Gasteiger partial charge in [0.05, 0.1) is 25.4 Å². The molecule has 0 unspecified atom stereocenters. The van der Waals surface area contributed by atoms with Crippen LogP contribution in [0.4, 0.5) is 14.4 Å². The van der Waals surface area contributed by atoms with Crippen molar-refractivity contribution in [2.75, 3.05) is 19.7 Å². The maximum atomic E-state index is 15.3. The van der Waals surface area contributed by atoms with Crippen molar-refractivity contribution in [2.24, 2.45) is 40.1 Å². The fraction of sp³-hybridized carbons (Fsp3) is 0.524. The number of benzene rings is 4. The normalized spacial score (nSPS) is 14.8. The smallest absolute Gasteiger partial charge is 0.416 e. The molecule has 0 fully saturated rings. The van der Waals surface area contributed by atoms with Crippen molar-refractivity contribution < 1.29 is 107 Å². The summed E-state index contributed by atoms with van der Waals surface area (Å²) in [5, 5.41) is 81.1. The third-order valence-corrected chi connectivity index (χ3v) is 18.9. The zero-order valence-corrected chi connectivity index (χ0v) is 71.2. The molecule has 14 atom stereocenters. The number of guanidine groups is 1. The number of carbonyl (C=O) groups is 15. The molecule has 0 aliphatic rings. The van der Waals surface area contributed by atoms with Crippen LogP contribution in [0, 0.1) is 34.0 Å². The van der Waals surface area contributed by atoms with Crippen molar-refractivity contribution in [1.29, 1.82) is 5.41 Å². The highest BCUT2D eigenvalue weighted by Gasteiger charge is 2.42. The van der Waals surface area contributed by atoms with E-state index in [-0.39, 0.29) is 58.3 Å². The number of hydrogen-bond acceptors (Lipinski definition) is 23. The second-order valence-corrected chi connectivity index (χ2v) is 32.8. The van der Waals surface area contributed by atoms with Crippen LogP contribution < -0.4 is 75.3 Å². The molecule has 0 aromatic heterocycles. The van der Waals surface area contributed by atoms with Gasteiger partial charge in [-0.05, 0) is 89.9 Å². The fourth-order valence-corrected chi connectivity index (χ4v) is 12.1. The summed E-state index contributed by atoms with van der Waals surface area (Å²) in [5.41, 5.74) is 11.4. The van der Waals surface area contributed by atoms with Gasteiger partial charge in [0, 0.05) is 13.0 Å². The highest BCUT2D eigenvalue weighted by molar-refractivity contribution is 6.02. The summed E-state index contributed by atoms with van der Waals surface area (Å²) in [6, 6.07) is 17.0. The molecule has 0 heterocycles. The molecule has 21 N–H and O–H groups in total. The predicted octanol–water partition coefficient (Wildman–Crippen LogP) is 0.970. The number of ether oxygens (including phenoxy) is 3. The topological polar surface area (TPSA) is 588 Å². The predicted molar refractivity (Wildman–Crippen MR) is 445 cm³/mol. The molecule has 4 rings (SSSR count). The standard InChI is InChI=1S/C84H122N16O22/c1-14-49(6)62(76(114)97-63(50(7)102)75(113)88-42-61(103)95-65(67(105)69(86)107)78(116)93-60(43-101)68(85)106)96-70(108)55(36-27-37-100(82(119)122-46-54-34-25-18-26-35-54)79(87)99-81(118)121-45-53-32-23-17-24-33-53)89-71(109)56(38-47(2)3)91-77(115)64(66(104)48(4)5)98-72(110)57(39-51-28-19-15-20-29-51)90-73(111)58(40-83(8,9)10)92-74(112)59(41-84(11,12)13)94-80(117)120-44-52-30-21-16-22-31-52/h15-26,28-35,47-50,55-60,62-67,101-102,104-105H,14,27,36-46H2,1-13H3,(H2,85,106)(H2,86,107)(H,88,113)(H,89,109)(H,90,111)(H,91,115)(H,92,112)(H,93,116)(H,94,117)(H,95,103)(H,96,108)(H,97,114)(H,98,110)(H2,87,99,118)/t49-,50-,55+,56-,57-,58+,59+,60-,62-,63-,64-,65-,66+,67-/m0/s1. The van der Waals surface area contributed by atoms with E-state index in [1.54, 1.807) is 142 Å². The van der Waals surface area contributed by atoms with Gasteiger partial charge in [0.25, 0.3) is 0 Å². The Labute approximate surface area is 709 Å². The van der Waals surface area contributed by atoms with E-state index in [1.807, 2.05) is 52.2 Å². The van der Waals surface area contributed by atoms with Crippen molar-refractivity contribution in [3.05, 3.63) is 144 Å². The van der Waals surface area contributed by atoms with Crippen LogP contribution in [0.5, 0.6) is 0 Å². The van der Waals surface area contributed by atoms with E-state index in [0.29, 0.717) is 27.2 Å². The van der Waals surface area contributed by atoms with Gasteiger partial charge in [-0.15, -0.1) is 0 Å². The van der Waals surface area contributed by atoms with Gasteiger partial charge in [-0.2, -0.15) is 0 Å². The largest absolute Gasteiger partial charge is 0.445 e. The number of primary amides is 2. The molecule has 4 aromatic carbocycles. The van der Waals surface area contributed by atoms with Crippen molar-refractivity contribution in [3.8, 4) is 0 Å². The molecular formula is C84H122N16O22. The monoisotopic (exact) mass is 1710 g/mol. The summed E-state index contributed by atoms with van der Waals surface area (Å²) in [5.74, 6) is -16.8. The van der Waals surface area contributed by atoms with E-state index in [2.05, 4.69) is 53.2 Å². The Kier molecular flexibility index (Phi) is 42.0. The summed E-state index contributed by atoms with van der Waals surface area (Å²) in [4.78, 5) is 210. The maximum absolute atomic E-state index is 15.3. The molecule has 0 radical (unpaired) electrons. The lowest BCUT2D eigenvalue weighted by atomic mass is 9.86. The van der Waals surface area contributed by atoms with E-state index in [4.69, 9.17) is 31.1 Å². The van der Waals surface area contributed by atoms with Gasteiger partial charge in [-0.3, -0.25) is 68.3 Å². The zero-order valence-electron chi connectivity index (χ0n) is 71.2. The number of nitrogens with two attached hydrogens (primary N) is 2. The fourth-order valence-electron chi connectivity index (χ4n) is 12.1. The SMILES string of the molecule is CC[C@H](C)[C@H](NC(=O)[C@@H](CCCN(C(=N)NC(=O)OCc1ccccc1)C(=O)OCc1ccccc1)NC(=O)[C@H](CC(C)C)NC(=O)[C@@H](NC(=O)[C@H](Cc1ccccc1)NC(=O)[C@@H](CC(C)(C)C)NC(=O)[C@@H](CC(C)(C)C)NC(=O)OCc1ccccc1)[C@H](O)C(C)C)C(=O)N[C@H](C(=O)NCC(=O)N[C@H](C(=O)N[C@@H](CO)C(N)=O)[C@H](O)C(N)=O)[C@H](C)O. The summed E-state index contributed by atoms with van der Waals surface area (Å²) >= 11 is 0. The molecule has 4 aromatic rings.